The van der Waals surface area contributed by atoms with E-state index in [0.717, 1.165) is 44.9 Å². The van der Waals surface area contributed by atoms with E-state index in [1.165, 1.54) is 7.11 Å². The Bertz CT molecular complexity index is 348. The molecule has 1 heterocycles. The molecular formula is C15H30IN3O4. The van der Waals surface area contributed by atoms with Crippen molar-refractivity contribution in [2.45, 2.75) is 19.3 Å². The number of guanidine groups is 1. The van der Waals surface area contributed by atoms with E-state index in [4.69, 9.17) is 14.2 Å². The highest BCUT2D eigenvalue weighted by Crippen LogP contribution is 2.18. The molecule has 0 aromatic heterocycles. The number of ether oxygens (including phenoxy) is 3. The summed E-state index contributed by atoms with van der Waals surface area (Å²) in [5, 5.41) is 3.34. The number of piperidine rings is 1. The van der Waals surface area contributed by atoms with E-state index in [0.29, 0.717) is 19.8 Å². The summed E-state index contributed by atoms with van der Waals surface area (Å²) in [5.74, 6) is 0.810. The van der Waals surface area contributed by atoms with E-state index in [2.05, 4.69) is 15.2 Å². The molecule has 23 heavy (non-hydrogen) atoms. The Balaban J connectivity index is 0.00000484. The number of nitrogens with one attached hydrogen (secondary N) is 1. The van der Waals surface area contributed by atoms with Crippen LogP contribution in [0.2, 0.25) is 0 Å². The van der Waals surface area contributed by atoms with Crippen LogP contribution in [0.4, 0.5) is 0 Å². The molecule has 1 saturated heterocycles. The van der Waals surface area contributed by atoms with Crippen LogP contribution in [0.3, 0.4) is 0 Å². The Hall–Kier alpha value is -0.610. The summed E-state index contributed by atoms with van der Waals surface area (Å²) in [6.07, 6.45) is 2.54. The smallest absolute Gasteiger partial charge is 0.308 e. The number of likely N-dealkylation sites (tertiary alicyclic amines) is 1. The van der Waals surface area contributed by atoms with Crippen molar-refractivity contribution in [3.05, 3.63) is 0 Å². The summed E-state index contributed by atoms with van der Waals surface area (Å²) in [6.45, 7) is 4.43. The summed E-state index contributed by atoms with van der Waals surface area (Å²) < 4.78 is 15.1. The Morgan fingerprint density at radius 1 is 1.22 bits per heavy atom. The molecule has 0 amide bonds. The topological polar surface area (TPSA) is 72.4 Å². The standard InChI is InChI=1S/C15H29N3O4.HI/c1-16-15(17-7-4-10-22-12-11-20-2)18-8-5-13(6-9-18)14(19)21-3;/h13H,4-12H2,1-3H3,(H,16,17);1H. The molecule has 0 aromatic rings. The molecule has 0 bridgehead atoms. The van der Waals surface area contributed by atoms with Gasteiger partial charge in [0.2, 0.25) is 0 Å². The van der Waals surface area contributed by atoms with Gasteiger partial charge in [0.15, 0.2) is 5.96 Å². The fourth-order valence-electron chi connectivity index (χ4n) is 2.44. The third-order valence-electron chi connectivity index (χ3n) is 3.72. The van der Waals surface area contributed by atoms with E-state index < -0.39 is 0 Å². The van der Waals surface area contributed by atoms with Crippen molar-refractivity contribution in [1.82, 2.24) is 10.2 Å². The van der Waals surface area contributed by atoms with E-state index in [1.807, 2.05) is 0 Å². The van der Waals surface area contributed by atoms with Gasteiger partial charge in [-0.3, -0.25) is 9.79 Å². The molecule has 7 nitrogen and oxygen atoms in total. The Kier molecular flexibility index (Phi) is 13.4. The maximum atomic E-state index is 11.5. The predicted octanol–water partition coefficient (Wildman–Crippen LogP) is 1.12. The maximum absolute atomic E-state index is 11.5. The van der Waals surface area contributed by atoms with Crippen LogP contribution in [-0.2, 0) is 19.0 Å². The highest BCUT2D eigenvalue weighted by Gasteiger charge is 2.26. The van der Waals surface area contributed by atoms with Gasteiger partial charge in [0.25, 0.3) is 0 Å². The Labute approximate surface area is 156 Å². The molecule has 8 heteroatoms. The molecule has 0 radical (unpaired) electrons. The Morgan fingerprint density at radius 3 is 2.48 bits per heavy atom. The summed E-state index contributed by atoms with van der Waals surface area (Å²) in [5.41, 5.74) is 0. The minimum absolute atomic E-state index is 0. The van der Waals surface area contributed by atoms with Gasteiger partial charge in [-0.15, -0.1) is 24.0 Å². The normalized spacial score (nSPS) is 16.0. The van der Waals surface area contributed by atoms with Gasteiger partial charge >= 0.3 is 5.97 Å². The largest absolute Gasteiger partial charge is 0.469 e. The first-order valence-corrected chi connectivity index (χ1v) is 7.83. The van der Waals surface area contributed by atoms with Crippen molar-refractivity contribution < 1.29 is 19.0 Å². The minimum atomic E-state index is -0.101. The van der Waals surface area contributed by atoms with E-state index in [9.17, 15) is 4.79 Å². The van der Waals surface area contributed by atoms with E-state index >= 15 is 0 Å². The van der Waals surface area contributed by atoms with Crippen LogP contribution in [0, 0.1) is 5.92 Å². The lowest BCUT2D eigenvalue weighted by Gasteiger charge is -2.33. The van der Waals surface area contributed by atoms with Gasteiger partial charge in [0, 0.05) is 40.4 Å². The molecule has 0 aromatic carbocycles. The van der Waals surface area contributed by atoms with Crippen molar-refractivity contribution in [3.8, 4) is 0 Å². The van der Waals surface area contributed by atoms with Crippen LogP contribution < -0.4 is 5.32 Å². The summed E-state index contributed by atoms with van der Waals surface area (Å²) in [4.78, 5) is 18.0. The van der Waals surface area contributed by atoms with Crippen LogP contribution >= 0.6 is 24.0 Å². The summed E-state index contributed by atoms with van der Waals surface area (Å²) in [7, 11) is 4.89. The molecule has 0 spiro atoms. The van der Waals surface area contributed by atoms with Crippen LogP contribution in [0.25, 0.3) is 0 Å². The zero-order valence-corrected chi connectivity index (χ0v) is 16.7. The molecular weight excluding hydrogens is 413 g/mol. The van der Waals surface area contributed by atoms with E-state index in [-0.39, 0.29) is 35.9 Å². The van der Waals surface area contributed by atoms with Gasteiger partial charge in [0.1, 0.15) is 0 Å². The molecule has 0 aliphatic carbocycles. The molecule has 1 fully saturated rings. The number of aliphatic imine (C=N–C) groups is 1. The summed E-state index contributed by atoms with van der Waals surface area (Å²) >= 11 is 0. The van der Waals surface area contributed by atoms with Crippen molar-refractivity contribution >= 4 is 35.9 Å². The molecule has 1 rings (SSSR count). The van der Waals surface area contributed by atoms with Crippen LogP contribution in [0.15, 0.2) is 4.99 Å². The SMILES string of the molecule is CN=C(NCCCOCCOC)N1CCC(C(=O)OC)CC1.I. The number of nitrogens with zero attached hydrogens (tertiary/aromatic N) is 2. The first kappa shape index (κ1) is 22.4. The number of methoxy groups -OCH3 is 2. The lowest BCUT2D eigenvalue weighted by Crippen LogP contribution is -2.47. The quantitative estimate of drug-likeness (QED) is 0.199. The number of esters is 1. The first-order chi connectivity index (χ1) is 10.7. The van der Waals surface area contributed by atoms with Gasteiger partial charge < -0.3 is 24.4 Å². The number of rotatable bonds is 8. The number of hydrogen-bond donors (Lipinski definition) is 1. The van der Waals surface area contributed by atoms with Crippen LogP contribution in [-0.4, -0.2) is 77.6 Å². The third kappa shape index (κ3) is 8.71. The molecule has 1 N–H and O–H groups in total. The minimum Gasteiger partial charge on any atom is -0.469 e. The zero-order valence-electron chi connectivity index (χ0n) is 14.4. The van der Waals surface area contributed by atoms with Gasteiger partial charge in [-0.25, -0.2) is 0 Å². The second-order valence-electron chi connectivity index (χ2n) is 5.22. The van der Waals surface area contributed by atoms with Gasteiger partial charge in [-0.1, -0.05) is 0 Å². The molecule has 0 saturated carbocycles. The van der Waals surface area contributed by atoms with Crippen LogP contribution in [0.1, 0.15) is 19.3 Å². The lowest BCUT2D eigenvalue weighted by atomic mass is 9.97. The molecule has 0 unspecified atom stereocenters. The number of hydrogen-bond acceptors (Lipinski definition) is 5. The zero-order chi connectivity index (χ0) is 16.2. The van der Waals surface area contributed by atoms with Gasteiger partial charge in [-0.2, -0.15) is 0 Å². The summed E-state index contributed by atoms with van der Waals surface area (Å²) in [6, 6.07) is 0. The fraction of sp³-hybridized carbons (Fsp3) is 0.867. The Morgan fingerprint density at radius 2 is 1.91 bits per heavy atom. The molecule has 1 aliphatic rings. The average Bonchev–Trinajstić information content (AvgIpc) is 2.57. The van der Waals surface area contributed by atoms with Crippen molar-refractivity contribution in [2.24, 2.45) is 10.9 Å². The highest BCUT2D eigenvalue weighted by atomic mass is 127. The van der Waals surface area contributed by atoms with E-state index in [1.54, 1.807) is 14.2 Å². The number of carbonyl (C=O) groups is 1. The molecule has 0 atom stereocenters. The third-order valence-corrected chi connectivity index (χ3v) is 3.72. The van der Waals surface area contributed by atoms with Crippen molar-refractivity contribution in [1.29, 1.82) is 0 Å². The maximum Gasteiger partial charge on any atom is 0.308 e. The van der Waals surface area contributed by atoms with Crippen molar-refractivity contribution in [2.75, 3.05) is 60.7 Å². The monoisotopic (exact) mass is 443 g/mol. The molecule has 136 valence electrons. The van der Waals surface area contributed by atoms with Crippen LogP contribution in [0.5, 0.6) is 0 Å². The number of carbonyl (C=O) groups excluding carboxylic acids is 1. The predicted molar refractivity (Wildman–Crippen MR) is 100 cm³/mol. The average molecular weight is 443 g/mol. The number of halogens is 1. The first-order valence-electron chi connectivity index (χ1n) is 7.83. The van der Waals surface area contributed by atoms with Gasteiger partial charge in [0.05, 0.1) is 26.2 Å². The van der Waals surface area contributed by atoms with Gasteiger partial charge in [-0.05, 0) is 19.3 Å². The molecule has 1 aliphatic heterocycles. The second-order valence-corrected chi connectivity index (χ2v) is 5.22. The highest BCUT2D eigenvalue weighted by molar-refractivity contribution is 14.0. The second kappa shape index (κ2) is 13.8. The fourth-order valence-corrected chi connectivity index (χ4v) is 2.44. The van der Waals surface area contributed by atoms with Crippen molar-refractivity contribution in [3.63, 3.8) is 0 Å². The lowest BCUT2D eigenvalue weighted by molar-refractivity contribution is -0.146.